The molecule has 0 saturated carbocycles. The predicted octanol–water partition coefficient (Wildman–Crippen LogP) is 5.99. The summed E-state index contributed by atoms with van der Waals surface area (Å²) in [5, 5.41) is 3.44. The van der Waals surface area contributed by atoms with E-state index in [9.17, 15) is 9.59 Å². The predicted molar refractivity (Wildman–Crippen MR) is 132 cm³/mol. The zero-order valence-corrected chi connectivity index (χ0v) is 19.7. The second-order valence-electron chi connectivity index (χ2n) is 8.97. The summed E-state index contributed by atoms with van der Waals surface area (Å²) < 4.78 is 16.7. The quantitative estimate of drug-likeness (QED) is 0.345. The summed E-state index contributed by atoms with van der Waals surface area (Å²) in [7, 11) is 1.53. The maximum absolute atomic E-state index is 13.2. The van der Waals surface area contributed by atoms with Crippen LogP contribution in [-0.4, -0.2) is 25.4 Å². The van der Waals surface area contributed by atoms with E-state index in [2.05, 4.69) is 26.1 Å². The molecule has 0 bridgehead atoms. The molecule has 1 N–H and O–H groups in total. The van der Waals surface area contributed by atoms with E-state index in [1.54, 1.807) is 36.4 Å². The van der Waals surface area contributed by atoms with Crippen LogP contribution in [0.25, 0.3) is 11.0 Å². The molecule has 4 rings (SSSR count). The number of ketones is 1. The molecule has 0 saturated heterocycles. The Morgan fingerprint density at radius 3 is 2.35 bits per heavy atom. The number of nitrogens with one attached hydrogen (secondary N) is 1. The van der Waals surface area contributed by atoms with Gasteiger partial charge in [-0.3, -0.25) is 9.59 Å². The standard InChI is InChI=1S/C28H27NO5/c1-28(2,3)19-12-14-20(15-13-19)33-17-24(30)29-25-22-10-5-6-11-23(22)34-27(25)26(31)18-8-7-9-21(16-18)32-4/h5-16H,17H2,1-4H3,(H,29,30). The zero-order chi connectivity index (χ0) is 24.3. The molecule has 0 aliphatic heterocycles. The normalized spacial score (nSPS) is 11.3. The number of carbonyl (C=O) groups is 2. The summed E-state index contributed by atoms with van der Waals surface area (Å²) in [6.07, 6.45) is 0. The van der Waals surface area contributed by atoms with E-state index in [4.69, 9.17) is 13.9 Å². The minimum atomic E-state index is -0.397. The number of methoxy groups -OCH3 is 1. The highest BCUT2D eigenvalue weighted by atomic mass is 16.5. The molecule has 0 atom stereocenters. The first-order chi connectivity index (χ1) is 16.3. The fraction of sp³-hybridized carbons (Fsp3) is 0.214. The van der Waals surface area contributed by atoms with Gasteiger partial charge >= 0.3 is 0 Å². The van der Waals surface area contributed by atoms with Gasteiger partial charge in [-0.1, -0.05) is 57.2 Å². The Morgan fingerprint density at radius 2 is 1.65 bits per heavy atom. The van der Waals surface area contributed by atoms with Crippen LogP contribution in [-0.2, 0) is 10.2 Å². The van der Waals surface area contributed by atoms with Crippen LogP contribution in [0.5, 0.6) is 11.5 Å². The smallest absolute Gasteiger partial charge is 0.262 e. The largest absolute Gasteiger partial charge is 0.497 e. The number of benzene rings is 3. The third kappa shape index (κ3) is 4.96. The molecule has 3 aromatic carbocycles. The Balaban J connectivity index is 1.55. The highest BCUT2D eigenvalue weighted by Crippen LogP contribution is 2.33. The number of carbonyl (C=O) groups excluding carboxylic acids is 2. The lowest BCUT2D eigenvalue weighted by atomic mass is 9.87. The number of amides is 1. The SMILES string of the molecule is COc1cccc(C(=O)c2oc3ccccc3c2NC(=O)COc2ccc(C(C)(C)C)cc2)c1. The number of para-hydroxylation sites is 1. The lowest BCUT2D eigenvalue weighted by molar-refractivity contribution is -0.118. The van der Waals surface area contributed by atoms with E-state index < -0.39 is 5.91 Å². The van der Waals surface area contributed by atoms with Crippen LogP contribution in [0.15, 0.2) is 77.2 Å². The van der Waals surface area contributed by atoms with Crippen molar-refractivity contribution in [3.05, 3.63) is 89.7 Å². The van der Waals surface area contributed by atoms with Crippen LogP contribution in [0, 0.1) is 0 Å². The van der Waals surface area contributed by atoms with Crippen LogP contribution in [0.1, 0.15) is 42.5 Å². The van der Waals surface area contributed by atoms with Gasteiger partial charge in [0.05, 0.1) is 12.8 Å². The maximum atomic E-state index is 13.2. The summed E-state index contributed by atoms with van der Waals surface area (Å²) in [6, 6.07) is 21.6. The van der Waals surface area contributed by atoms with Crippen molar-refractivity contribution in [3.8, 4) is 11.5 Å². The summed E-state index contributed by atoms with van der Waals surface area (Å²) in [4.78, 5) is 26.0. The van der Waals surface area contributed by atoms with E-state index in [0.717, 1.165) is 0 Å². The molecular formula is C28H27NO5. The third-order valence-electron chi connectivity index (χ3n) is 5.49. The minimum absolute atomic E-state index is 0.0317. The fourth-order valence-electron chi connectivity index (χ4n) is 3.60. The van der Waals surface area contributed by atoms with Crippen molar-refractivity contribution < 1.29 is 23.5 Å². The highest BCUT2D eigenvalue weighted by Gasteiger charge is 2.24. The number of ether oxygens (including phenoxy) is 2. The number of fused-ring (bicyclic) bond motifs is 1. The number of hydrogen-bond acceptors (Lipinski definition) is 5. The van der Waals surface area contributed by atoms with Crippen LogP contribution in [0.3, 0.4) is 0 Å². The summed E-state index contributed by atoms with van der Waals surface area (Å²) >= 11 is 0. The topological polar surface area (TPSA) is 77.8 Å². The average molecular weight is 458 g/mol. The van der Waals surface area contributed by atoms with Crippen molar-refractivity contribution in [2.24, 2.45) is 0 Å². The minimum Gasteiger partial charge on any atom is -0.497 e. The summed E-state index contributed by atoms with van der Waals surface area (Å²) in [6.45, 7) is 6.20. The van der Waals surface area contributed by atoms with E-state index in [0.29, 0.717) is 33.7 Å². The van der Waals surface area contributed by atoms with Gasteiger partial charge in [0.1, 0.15) is 17.1 Å². The third-order valence-corrected chi connectivity index (χ3v) is 5.49. The van der Waals surface area contributed by atoms with Gasteiger partial charge < -0.3 is 19.2 Å². The van der Waals surface area contributed by atoms with Gasteiger partial charge in [0.25, 0.3) is 5.91 Å². The van der Waals surface area contributed by atoms with Gasteiger partial charge in [0, 0.05) is 10.9 Å². The first-order valence-electron chi connectivity index (χ1n) is 11.0. The van der Waals surface area contributed by atoms with Crippen molar-refractivity contribution in [1.82, 2.24) is 0 Å². The van der Waals surface area contributed by atoms with E-state index in [-0.39, 0.29) is 23.6 Å². The van der Waals surface area contributed by atoms with Gasteiger partial charge in [0.15, 0.2) is 12.4 Å². The second kappa shape index (κ2) is 9.43. The number of anilines is 1. The molecule has 0 spiro atoms. The molecule has 0 aliphatic rings. The molecule has 0 unspecified atom stereocenters. The molecular weight excluding hydrogens is 430 g/mol. The zero-order valence-electron chi connectivity index (χ0n) is 19.7. The molecule has 174 valence electrons. The first kappa shape index (κ1) is 23.1. The van der Waals surface area contributed by atoms with Crippen LogP contribution < -0.4 is 14.8 Å². The van der Waals surface area contributed by atoms with Gasteiger partial charge in [0.2, 0.25) is 5.78 Å². The van der Waals surface area contributed by atoms with Gasteiger partial charge in [-0.05, 0) is 47.4 Å². The second-order valence-corrected chi connectivity index (χ2v) is 8.97. The molecule has 6 heteroatoms. The van der Waals surface area contributed by atoms with Crippen molar-refractivity contribution in [3.63, 3.8) is 0 Å². The maximum Gasteiger partial charge on any atom is 0.262 e. The van der Waals surface area contributed by atoms with Gasteiger partial charge in [-0.15, -0.1) is 0 Å². The summed E-state index contributed by atoms with van der Waals surface area (Å²) in [5.41, 5.74) is 2.42. The van der Waals surface area contributed by atoms with E-state index in [1.165, 1.54) is 12.7 Å². The molecule has 0 fully saturated rings. The number of furan rings is 1. The van der Waals surface area contributed by atoms with Crippen LogP contribution in [0.4, 0.5) is 5.69 Å². The fourth-order valence-corrected chi connectivity index (χ4v) is 3.60. The Kier molecular flexibility index (Phi) is 6.41. The molecule has 6 nitrogen and oxygen atoms in total. The lowest BCUT2D eigenvalue weighted by Gasteiger charge is -2.19. The molecule has 1 amide bonds. The Hall–Kier alpha value is -4.06. The van der Waals surface area contributed by atoms with Crippen molar-refractivity contribution >= 4 is 28.3 Å². The van der Waals surface area contributed by atoms with E-state index >= 15 is 0 Å². The number of rotatable bonds is 7. The van der Waals surface area contributed by atoms with Gasteiger partial charge in [-0.25, -0.2) is 0 Å². The lowest BCUT2D eigenvalue weighted by Crippen LogP contribution is -2.21. The summed E-state index contributed by atoms with van der Waals surface area (Å²) in [5.74, 6) is 0.443. The van der Waals surface area contributed by atoms with Crippen molar-refractivity contribution in [2.45, 2.75) is 26.2 Å². The monoisotopic (exact) mass is 457 g/mol. The van der Waals surface area contributed by atoms with Crippen molar-refractivity contribution in [1.29, 1.82) is 0 Å². The Bertz CT molecular complexity index is 1330. The Labute approximate surface area is 198 Å². The van der Waals surface area contributed by atoms with E-state index in [1.807, 2.05) is 36.4 Å². The molecule has 4 aromatic rings. The molecule has 0 aliphatic carbocycles. The Morgan fingerprint density at radius 1 is 0.912 bits per heavy atom. The molecule has 1 heterocycles. The van der Waals surface area contributed by atoms with Gasteiger partial charge in [-0.2, -0.15) is 0 Å². The molecule has 34 heavy (non-hydrogen) atoms. The van der Waals surface area contributed by atoms with Crippen LogP contribution in [0.2, 0.25) is 0 Å². The van der Waals surface area contributed by atoms with Crippen LogP contribution >= 0.6 is 0 Å². The number of hydrogen-bond donors (Lipinski definition) is 1. The molecule has 0 radical (unpaired) electrons. The van der Waals surface area contributed by atoms with Crippen molar-refractivity contribution in [2.75, 3.05) is 19.0 Å². The first-order valence-corrected chi connectivity index (χ1v) is 11.0. The molecule has 1 aromatic heterocycles. The highest BCUT2D eigenvalue weighted by molar-refractivity contribution is 6.17. The average Bonchev–Trinajstić information content (AvgIpc) is 3.20.